The van der Waals surface area contributed by atoms with Crippen molar-refractivity contribution in [3.8, 4) is 6.07 Å². The number of hydrogen-bond acceptors (Lipinski definition) is 5. The molecule has 0 aliphatic heterocycles. The lowest BCUT2D eigenvalue weighted by Crippen LogP contribution is -2.07. The Morgan fingerprint density at radius 3 is 2.86 bits per heavy atom. The first-order valence-corrected chi connectivity index (χ1v) is 7.47. The molecule has 2 rings (SSSR count). The van der Waals surface area contributed by atoms with Gasteiger partial charge in [0.2, 0.25) is 5.95 Å². The van der Waals surface area contributed by atoms with E-state index < -0.39 is 0 Å². The maximum absolute atomic E-state index is 8.89. The van der Waals surface area contributed by atoms with Gasteiger partial charge in [-0.05, 0) is 47.5 Å². The molecule has 0 aliphatic carbocycles. The van der Waals surface area contributed by atoms with Crippen molar-refractivity contribution in [2.75, 3.05) is 17.2 Å². The number of aryl methyl sites for hydroxylation is 1. The van der Waals surface area contributed by atoms with Crippen molar-refractivity contribution in [2.45, 2.75) is 20.3 Å². The molecule has 0 saturated carbocycles. The van der Waals surface area contributed by atoms with Gasteiger partial charge in [0.05, 0.1) is 17.3 Å². The highest BCUT2D eigenvalue weighted by molar-refractivity contribution is 9.10. The molecule has 0 spiro atoms. The third-order valence-electron chi connectivity index (χ3n) is 2.86. The molecule has 2 N–H and O–H groups in total. The molecule has 2 aromatic rings. The van der Waals surface area contributed by atoms with E-state index in [1.807, 2.05) is 13.0 Å². The zero-order valence-corrected chi connectivity index (χ0v) is 13.5. The van der Waals surface area contributed by atoms with Gasteiger partial charge >= 0.3 is 0 Å². The van der Waals surface area contributed by atoms with Crippen molar-refractivity contribution in [3.05, 3.63) is 40.0 Å². The predicted octanol–water partition coefficient (Wildman–Crippen LogP) is 3.98. The molecule has 0 saturated heterocycles. The van der Waals surface area contributed by atoms with Crippen LogP contribution in [0.3, 0.4) is 0 Å². The summed E-state index contributed by atoms with van der Waals surface area (Å²) in [5.41, 5.74) is 2.42. The molecule has 0 atom stereocenters. The topological polar surface area (TPSA) is 73.6 Å². The van der Waals surface area contributed by atoms with Crippen LogP contribution < -0.4 is 10.6 Å². The molecule has 1 aromatic heterocycles. The fourth-order valence-corrected chi connectivity index (χ4v) is 2.18. The van der Waals surface area contributed by atoms with Crippen LogP contribution in [0.5, 0.6) is 0 Å². The van der Waals surface area contributed by atoms with Crippen molar-refractivity contribution >= 4 is 33.4 Å². The highest BCUT2D eigenvalue weighted by Gasteiger charge is 2.07. The second-order valence-electron chi connectivity index (χ2n) is 4.58. The Labute approximate surface area is 132 Å². The van der Waals surface area contributed by atoms with Crippen LogP contribution in [0, 0.1) is 18.3 Å². The first kappa shape index (κ1) is 15.3. The fourth-order valence-electron chi connectivity index (χ4n) is 1.70. The Morgan fingerprint density at radius 1 is 1.38 bits per heavy atom. The molecule has 0 unspecified atom stereocenters. The smallest absolute Gasteiger partial charge is 0.224 e. The van der Waals surface area contributed by atoms with E-state index in [2.05, 4.69) is 49.5 Å². The molecule has 0 amide bonds. The van der Waals surface area contributed by atoms with E-state index in [-0.39, 0.29) is 0 Å². The molecule has 108 valence electrons. The molecule has 1 aromatic carbocycles. The van der Waals surface area contributed by atoms with E-state index >= 15 is 0 Å². The van der Waals surface area contributed by atoms with E-state index in [1.165, 1.54) is 0 Å². The molecular formula is C15H16BrN5. The van der Waals surface area contributed by atoms with E-state index in [9.17, 15) is 0 Å². The number of nitrogens with zero attached hydrogens (tertiary/aromatic N) is 3. The molecule has 0 radical (unpaired) electrons. The molecule has 21 heavy (non-hydrogen) atoms. The molecular weight excluding hydrogens is 330 g/mol. The third kappa shape index (κ3) is 3.92. The largest absolute Gasteiger partial charge is 0.354 e. The monoisotopic (exact) mass is 345 g/mol. The van der Waals surface area contributed by atoms with E-state index in [1.54, 1.807) is 18.3 Å². The third-order valence-corrected chi connectivity index (χ3v) is 3.51. The van der Waals surface area contributed by atoms with Crippen molar-refractivity contribution < 1.29 is 0 Å². The van der Waals surface area contributed by atoms with Crippen LogP contribution in [-0.4, -0.2) is 16.5 Å². The summed E-state index contributed by atoms with van der Waals surface area (Å²) in [6, 6.07) is 7.50. The SMILES string of the molecule is CCCNc1ncc(C)c(Nc2ccc(C#N)cc2Br)n1. The molecule has 0 bridgehead atoms. The lowest BCUT2D eigenvalue weighted by Gasteiger charge is -2.12. The number of nitrogens with one attached hydrogen (secondary N) is 2. The Kier molecular flexibility index (Phi) is 5.12. The van der Waals surface area contributed by atoms with Gasteiger partial charge in [-0.1, -0.05) is 6.92 Å². The van der Waals surface area contributed by atoms with Crippen LogP contribution in [0.4, 0.5) is 17.5 Å². The molecule has 0 fully saturated rings. The van der Waals surface area contributed by atoms with Crippen molar-refractivity contribution in [1.82, 2.24) is 9.97 Å². The summed E-state index contributed by atoms with van der Waals surface area (Å²) in [7, 11) is 0. The molecule has 0 aliphatic rings. The number of nitriles is 1. The summed E-state index contributed by atoms with van der Waals surface area (Å²) in [6.45, 7) is 4.88. The quantitative estimate of drug-likeness (QED) is 0.857. The van der Waals surface area contributed by atoms with Crippen LogP contribution in [0.25, 0.3) is 0 Å². The average Bonchev–Trinajstić information content (AvgIpc) is 2.49. The van der Waals surface area contributed by atoms with Crippen LogP contribution in [-0.2, 0) is 0 Å². The van der Waals surface area contributed by atoms with Gasteiger partial charge in [0.1, 0.15) is 5.82 Å². The number of rotatable bonds is 5. The minimum Gasteiger partial charge on any atom is -0.354 e. The van der Waals surface area contributed by atoms with E-state index in [0.717, 1.165) is 34.5 Å². The summed E-state index contributed by atoms with van der Waals surface area (Å²) in [6.07, 6.45) is 2.80. The van der Waals surface area contributed by atoms with Gasteiger partial charge in [-0.25, -0.2) is 4.98 Å². The summed E-state index contributed by atoms with van der Waals surface area (Å²) in [5.74, 6) is 1.35. The van der Waals surface area contributed by atoms with E-state index in [0.29, 0.717) is 11.5 Å². The normalized spacial score (nSPS) is 10.0. The number of aromatic nitrogens is 2. The van der Waals surface area contributed by atoms with Gasteiger partial charge in [0, 0.05) is 22.8 Å². The van der Waals surface area contributed by atoms with E-state index in [4.69, 9.17) is 5.26 Å². The molecule has 6 heteroatoms. The van der Waals surface area contributed by atoms with Gasteiger partial charge in [0.25, 0.3) is 0 Å². The van der Waals surface area contributed by atoms with Gasteiger partial charge in [-0.15, -0.1) is 0 Å². The lowest BCUT2D eigenvalue weighted by atomic mass is 10.2. The first-order chi connectivity index (χ1) is 10.1. The Hall–Kier alpha value is -2.13. The van der Waals surface area contributed by atoms with Crippen molar-refractivity contribution in [3.63, 3.8) is 0 Å². The zero-order valence-electron chi connectivity index (χ0n) is 11.9. The van der Waals surface area contributed by atoms with Crippen molar-refractivity contribution in [2.24, 2.45) is 0 Å². The minimum atomic E-state index is 0.606. The standard InChI is InChI=1S/C15H16BrN5/c1-3-6-18-15-19-9-10(2)14(21-15)20-13-5-4-11(8-17)7-12(13)16/h4-5,7,9H,3,6H2,1-2H3,(H2,18,19,20,21). The van der Waals surface area contributed by atoms with Gasteiger partial charge in [-0.2, -0.15) is 10.2 Å². The maximum atomic E-state index is 8.89. The first-order valence-electron chi connectivity index (χ1n) is 6.68. The molecule has 1 heterocycles. The summed E-state index contributed by atoms with van der Waals surface area (Å²) in [5, 5.41) is 15.3. The van der Waals surface area contributed by atoms with Gasteiger partial charge in [-0.3, -0.25) is 0 Å². The van der Waals surface area contributed by atoms with Crippen LogP contribution in [0.1, 0.15) is 24.5 Å². The van der Waals surface area contributed by atoms with Crippen molar-refractivity contribution in [1.29, 1.82) is 5.26 Å². The van der Waals surface area contributed by atoms with Crippen LogP contribution >= 0.6 is 15.9 Å². The highest BCUT2D eigenvalue weighted by Crippen LogP contribution is 2.27. The zero-order chi connectivity index (χ0) is 15.2. The molecule has 5 nitrogen and oxygen atoms in total. The number of halogens is 1. The summed E-state index contributed by atoms with van der Waals surface area (Å²) >= 11 is 3.46. The maximum Gasteiger partial charge on any atom is 0.224 e. The average molecular weight is 346 g/mol. The van der Waals surface area contributed by atoms with Crippen LogP contribution in [0.2, 0.25) is 0 Å². The lowest BCUT2D eigenvalue weighted by molar-refractivity contribution is 0.950. The summed E-state index contributed by atoms with van der Waals surface area (Å²) < 4.78 is 0.822. The minimum absolute atomic E-state index is 0.606. The van der Waals surface area contributed by atoms with Gasteiger partial charge < -0.3 is 10.6 Å². The highest BCUT2D eigenvalue weighted by atomic mass is 79.9. The second-order valence-corrected chi connectivity index (χ2v) is 5.44. The predicted molar refractivity (Wildman–Crippen MR) is 87.7 cm³/mol. The Bertz CT molecular complexity index is 678. The number of hydrogen-bond donors (Lipinski definition) is 2. The second kappa shape index (κ2) is 7.04. The Morgan fingerprint density at radius 2 is 2.19 bits per heavy atom. The summed E-state index contributed by atoms with van der Waals surface area (Å²) in [4.78, 5) is 8.72. The number of benzene rings is 1. The number of anilines is 3. The van der Waals surface area contributed by atoms with Crippen LogP contribution in [0.15, 0.2) is 28.9 Å². The van der Waals surface area contributed by atoms with Gasteiger partial charge in [0.15, 0.2) is 0 Å². The Balaban J connectivity index is 2.24. The fraction of sp³-hybridized carbons (Fsp3) is 0.267.